The Morgan fingerprint density at radius 3 is 2.60 bits per heavy atom. The van der Waals surface area contributed by atoms with Crippen molar-refractivity contribution in [2.75, 3.05) is 13.7 Å². The molecule has 0 atom stereocenters. The molecule has 0 heterocycles. The minimum absolute atomic E-state index is 0.0825. The van der Waals surface area contributed by atoms with Crippen LogP contribution in [0.25, 0.3) is 6.08 Å². The highest BCUT2D eigenvalue weighted by Crippen LogP contribution is 2.06. The van der Waals surface area contributed by atoms with Crippen molar-refractivity contribution in [2.45, 2.75) is 6.42 Å². The third-order valence-corrected chi connectivity index (χ3v) is 2.01. The van der Waals surface area contributed by atoms with Gasteiger partial charge in [-0.05, 0) is 24.1 Å². The fourth-order valence-corrected chi connectivity index (χ4v) is 1.18. The van der Waals surface area contributed by atoms with Crippen molar-refractivity contribution in [3.8, 4) is 0 Å². The maximum Gasteiger partial charge on any atom is 0.251 e. The number of aliphatic hydroxyl groups excluding tert-OH is 1. The number of hydrogen-bond acceptors (Lipinski definition) is 2. The molecule has 0 spiro atoms. The Balaban J connectivity index is 2.68. The lowest BCUT2D eigenvalue weighted by Gasteiger charge is -1.99. The van der Waals surface area contributed by atoms with Gasteiger partial charge in [0.2, 0.25) is 0 Å². The Morgan fingerprint density at radius 2 is 2.07 bits per heavy atom. The minimum Gasteiger partial charge on any atom is -0.396 e. The molecule has 1 amide bonds. The van der Waals surface area contributed by atoms with Crippen molar-refractivity contribution >= 4 is 12.0 Å². The summed E-state index contributed by atoms with van der Waals surface area (Å²) in [5, 5.41) is 11.2. The van der Waals surface area contributed by atoms with Gasteiger partial charge in [0, 0.05) is 19.2 Å². The first-order chi connectivity index (χ1) is 7.27. The third kappa shape index (κ3) is 3.56. The molecule has 0 radical (unpaired) electrons. The summed E-state index contributed by atoms with van der Waals surface area (Å²) in [5.74, 6) is -0.0825. The summed E-state index contributed by atoms with van der Waals surface area (Å²) in [6.07, 6.45) is 4.47. The zero-order chi connectivity index (χ0) is 11.1. The van der Waals surface area contributed by atoms with E-state index >= 15 is 0 Å². The van der Waals surface area contributed by atoms with E-state index in [2.05, 4.69) is 5.32 Å². The van der Waals surface area contributed by atoms with E-state index in [0.29, 0.717) is 12.0 Å². The Morgan fingerprint density at radius 1 is 1.40 bits per heavy atom. The number of amides is 1. The number of aliphatic hydroxyl groups is 1. The Labute approximate surface area is 89.4 Å². The highest BCUT2D eigenvalue weighted by Gasteiger charge is 2.00. The van der Waals surface area contributed by atoms with E-state index in [9.17, 15) is 4.79 Å². The van der Waals surface area contributed by atoms with Gasteiger partial charge in [-0.15, -0.1) is 0 Å². The van der Waals surface area contributed by atoms with E-state index in [1.54, 1.807) is 19.2 Å². The number of nitrogens with one attached hydrogen (secondary N) is 1. The Kier molecular flexibility index (Phi) is 4.57. The predicted molar refractivity (Wildman–Crippen MR) is 60.6 cm³/mol. The van der Waals surface area contributed by atoms with Crippen LogP contribution in [0.2, 0.25) is 0 Å². The van der Waals surface area contributed by atoms with E-state index in [1.807, 2.05) is 24.3 Å². The molecule has 1 aromatic rings. The molecule has 0 fully saturated rings. The standard InChI is InChI=1S/C12H15NO2/c1-13-12(15)11-7-5-10(6-8-11)4-2-3-9-14/h2,4-8,14H,3,9H2,1H3,(H,13,15). The lowest BCUT2D eigenvalue weighted by Crippen LogP contribution is -2.17. The molecular formula is C12H15NO2. The van der Waals surface area contributed by atoms with Crippen molar-refractivity contribution in [1.82, 2.24) is 5.32 Å². The van der Waals surface area contributed by atoms with Gasteiger partial charge in [-0.3, -0.25) is 4.79 Å². The fraction of sp³-hybridized carbons (Fsp3) is 0.250. The highest BCUT2D eigenvalue weighted by molar-refractivity contribution is 5.94. The lowest BCUT2D eigenvalue weighted by atomic mass is 10.1. The summed E-state index contributed by atoms with van der Waals surface area (Å²) in [5.41, 5.74) is 1.67. The van der Waals surface area contributed by atoms with Crippen LogP contribution >= 0.6 is 0 Å². The SMILES string of the molecule is CNC(=O)c1ccc(C=CCCO)cc1. The van der Waals surface area contributed by atoms with Gasteiger partial charge >= 0.3 is 0 Å². The molecule has 1 aromatic carbocycles. The van der Waals surface area contributed by atoms with Crippen LogP contribution in [0.1, 0.15) is 22.3 Å². The fourth-order valence-electron chi connectivity index (χ4n) is 1.18. The Hall–Kier alpha value is -1.61. The van der Waals surface area contributed by atoms with Crippen molar-refractivity contribution in [1.29, 1.82) is 0 Å². The van der Waals surface area contributed by atoms with Crippen LogP contribution < -0.4 is 5.32 Å². The van der Waals surface area contributed by atoms with Crippen LogP contribution in [0.5, 0.6) is 0 Å². The average Bonchev–Trinajstić information content (AvgIpc) is 2.29. The molecule has 3 nitrogen and oxygen atoms in total. The second-order valence-corrected chi connectivity index (χ2v) is 3.12. The van der Waals surface area contributed by atoms with Crippen molar-refractivity contribution in [2.24, 2.45) is 0 Å². The quantitative estimate of drug-likeness (QED) is 0.781. The first-order valence-electron chi connectivity index (χ1n) is 4.87. The van der Waals surface area contributed by atoms with Crippen molar-refractivity contribution < 1.29 is 9.90 Å². The zero-order valence-corrected chi connectivity index (χ0v) is 8.73. The molecule has 0 bridgehead atoms. The molecular weight excluding hydrogens is 190 g/mol. The molecule has 0 saturated heterocycles. The van der Waals surface area contributed by atoms with Crippen LogP contribution in [0.15, 0.2) is 30.3 Å². The van der Waals surface area contributed by atoms with Gasteiger partial charge in [-0.1, -0.05) is 24.3 Å². The molecule has 0 saturated carbocycles. The van der Waals surface area contributed by atoms with E-state index in [4.69, 9.17) is 5.11 Å². The molecule has 0 aliphatic carbocycles. The highest BCUT2D eigenvalue weighted by atomic mass is 16.2. The van der Waals surface area contributed by atoms with Gasteiger partial charge in [0.1, 0.15) is 0 Å². The van der Waals surface area contributed by atoms with E-state index in [1.165, 1.54) is 0 Å². The van der Waals surface area contributed by atoms with E-state index < -0.39 is 0 Å². The largest absolute Gasteiger partial charge is 0.396 e. The predicted octanol–water partition coefficient (Wildman–Crippen LogP) is 1.44. The smallest absolute Gasteiger partial charge is 0.251 e. The number of carbonyl (C=O) groups excluding carboxylic acids is 1. The number of benzene rings is 1. The molecule has 80 valence electrons. The summed E-state index contributed by atoms with van der Waals surface area (Å²) >= 11 is 0. The van der Waals surface area contributed by atoms with Gasteiger partial charge in [-0.25, -0.2) is 0 Å². The first-order valence-corrected chi connectivity index (χ1v) is 4.87. The molecule has 0 aromatic heterocycles. The average molecular weight is 205 g/mol. The zero-order valence-electron chi connectivity index (χ0n) is 8.73. The van der Waals surface area contributed by atoms with Crippen molar-refractivity contribution in [3.05, 3.63) is 41.5 Å². The summed E-state index contributed by atoms with van der Waals surface area (Å²) in [7, 11) is 1.61. The lowest BCUT2D eigenvalue weighted by molar-refractivity contribution is 0.0963. The second kappa shape index (κ2) is 5.98. The van der Waals surface area contributed by atoms with Crippen LogP contribution in [0.4, 0.5) is 0 Å². The molecule has 15 heavy (non-hydrogen) atoms. The second-order valence-electron chi connectivity index (χ2n) is 3.12. The summed E-state index contributed by atoms with van der Waals surface area (Å²) in [6, 6.07) is 7.30. The van der Waals surface area contributed by atoms with Gasteiger partial charge in [-0.2, -0.15) is 0 Å². The van der Waals surface area contributed by atoms with Gasteiger partial charge in [0.25, 0.3) is 5.91 Å². The summed E-state index contributed by atoms with van der Waals surface area (Å²) in [4.78, 5) is 11.2. The van der Waals surface area contributed by atoms with Crippen LogP contribution in [-0.2, 0) is 0 Å². The van der Waals surface area contributed by atoms with Gasteiger partial charge < -0.3 is 10.4 Å². The first kappa shape index (κ1) is 11.5. The van der Waals surface area contributed by atoms with Crippen molar-refractivity contribution in [3.63, 3.8) is 0 Å². The van der Waals surface area contributed by atoms with Gasteiger partial charge in [0.15, 0.2) is 0 Å². The molecule has 0 aliphatic heterocycles. The van der Waals surface area contributed by atoms with E-state index in [0.717, 1.165) is 5.56 Å². The monoisotopic (exact) mass is 205 g/mol. The molecule has 0 unspecified atom stereocenters. The topological polar surface area (TPSA) is 49.3 Å². The maximum absolute atomic E-state index is 11.2. The van der Waals surface area contributed by atoms with Crippen LogP contribution in [0.3, 0.4) is 0 Å². The maximum atomic E-state index is 11.2. The minimum atomic E-state index is -0.0825. The molecule has 2 N–H and O–H groups in total. The number of rotatable bonds is 4. The summed E-state index contributed by atoms with van der Waals surface area (Å²) in [6.45, 7) is 0.160. The molecule has 0 aliphatic rings. The normalized spacial score (nSPS) is 10.5. The number of carbonyl (C=O) groups is 1. The van der Waals surface area contributed by atoms with Crippen LogP contribution in [-0.4, -0.2) is 24.7 Å². The molecule has 1 rings (SSSR count). The van der Waals surface area contributed by atoms with Gasteiger partial charge in [0.05, 0.1) is 0 Å². The Bertz CT molecular complexity index is 341. The summed E-state index contributed by atoms with van der Waals surface area (Å²) < 4.78 is 0. The number of hydrogen-bond donors (Lipinski definition) is 2. The van der Waals surface area contributed by atoms with E-state index in [-0.39, 0.29) is 12.5 Å². The third-order valence-electron chi connectivity index (χ3n) is 2.01. The molecule has 3 heteroatoms. The van der Waals surface area contributed by atoms with Crippen LogP contribution in [0, 0.1) is 0 Å².